The average Bonchev–Trinajstić information content (AvgIpc) is 3.31. The second-order valence-electron chi connectivity index (χ2n) is 7.25. The molecule has 3 fully saturated rings. The van der Waals surface area contributed by atoms with Crippen LogP contribution in [0.15, 0.2) is 18.5 Å². The molecule has 2 aliphatic heterocycles. The maximum Gasteiger partial charge on any atom is 0.228 e. The summed E-state index contributed by atoms with van der Waals surface area (Å²) in [5.74, 6) is 0.870. The molecule has 2 amide bonds. The number of nitrogens with zero attached hydrogens (tertiary/aromatic N) is 5. The SMILES string of the molecule is O=C([C@@H]1CC(=O)N(C2CCCC2)C1)N1CCN(c2ncccn2)CC1. The van der Waals surface area contributed by atoms with E-state index >= 15 is 0 Å². The number of hydrogen-bond donors (Lipinski definition) is 0. The predicted molar refractivity (Wildman–Crippen MR) is 92.9 cm³/mol. The van der Waals surface area contributed by atoms with E-state index in [0.29, 0.717) is 32.1 Å². The lowest BCUT2D eigenvalue weighted by atomic mass is 10.1. The summed E-state index contributed by atoms with van der Waals surface area (Å²) in [5, 5.41) is 0. The predicted octanol–water partition coefficient (Wildman–Crippen LogP) is 0.916. The molecular weight excluding hydrogens is 318 g/mol. The van der Waals surface area contributed by atoms with E-state index in [2.05, 4.69) is 14.9 Å². The number of piperazine rings is 1. The third-order valence-electron chi connectivity index (χ3n) is 5.70. The van der Waals surface area contributed by atoms with Crippen molar-refractivity contribution in [1.29, 1.82) is 0 Å². The molecule has 0 aromatic carbocycles. The van der Waals surface area contributed by atoms with E-state index in [0.717, 1.165) is 31.9 Å². The zero-order chi connectivity index (χ0) is 17.2. The van der Waals surface area contributed by atoms with Crippen LogP contribution in [0.25, 0.3) is 0 Å². The number of hydrogen-bond acceptors (Lipinski definition) is 5. The summed E-state index contributed by atoms with van der Waals surface area (Å²) in [6.45, 7) is 3.44. The fourth-order valence-corrected chi connectivity index (χ4v) is 4.31. The smallest absolute Gasteiger partial charge is 0.228 e. The van der Waals surface area contributed by atoms with Crippen molar-refractivity contribution in [2.24, 2.45) is 5.92 Å². The van der Waals surface area contributed by atoms with Crippen molar-refractivity contribution in [3.63, 3.8) is 0 Å². The highest BCUT2D eigenvalue weighted by molar-refractivity contribution is 5.89. The van der Waals surface area contributed by atoms with Gasteiger partial charge in [0.1, 0.15) is 0 Å². The van der Waals surface area contributed by atoms with Gasteiger partial charge in [0.15, 0.2) is 0 Å². The summed E-state index contributed by atoms with van der Waals surface area (Å²) in [7, 11) is 0. The second-order valence-corrected chi connectivity index (χ2v) is 7.25. The van der Waals surface area contributed by atoms with Gasteiger partial charge in [-0.05, 0) is 18.9 Å². The second kappa shape index (κ2) is 6.98. The van der Waals surface area contributed by atoms with Crippen LogP contribution in [0.3, 0.4) is 0 Å². The summed E-state index contributed by atoms with van der Waals surface area (Å²) in [4.78, 5) is 39.7. The van der Waals surface area contributed by atoms with Crippen molar-refractivity contribution in [3.8, 4) is 0 Å². The topological polar surface area (TPSA) is 69.6 Å². The van der Waals surface area contributed by atoms with Crippen LogP contribution < -0.4 is 4.90 Å². The maximum absolute atomic E-state index is 12.8. The maximum atomic E-state index is 12.8. The lowest BCUT2D eigenvalue weighted by Gasteiger charge is -2.35. The van der Waals surface area contributed by atoms with Gasteiger partial charge in [0.25, 0.3) is 0 Å². The molecule has 134 valence electrons. The van der Waals surface area contributed by atoms with Crippen LogP contribution in [-0.4, -0.2) is 70.3 Å². The van der Waals surface area contributed by atoms with Gasteiger partial charge < -0.3 is 14.7 Å². The average molecular weight is 343 g/mol. The number of carbonyl (C=O) groups is 2. The van der Waals surface area contributed by atoms with Crippen LogP contribution in [-0.2, 0) is 9.59 Å². The van der Waals surface area contributed by atoms with Crippen molar-refractivity contribution in [1.82, 2.24) is 19.8 Å². The molecule has 0 bridgehead atoms. The van der Waals surface area contributed by atoms with Crippen LogP contribution >= 0.6 is 0 Å². The van der Waals surface area contributed by atoms with Gasteiger partial charge in [-0.1, -0.05) is 12.8 Å². The van der Waals surface area contributed by atoms with Gasteiger partial charge in [-0.3, -0.25) is 9.59 Å². The van der Waals surface area contributed by atoms with Crippen molar-refractivity contribution >= 4 is 17.8 Å². The summed E-state index contributed by atoms with van der Waals surface area (Å²) in [6, 6.07) is 2.17. The first kappa shape index (κ1) is 16.3. The van der Waals surface area contributed by atoms with E-state index < -0.39 is 0 Å². The molecule has 7 nitrogen and oxygen atoms in total. The number of anilines is 1. The highest BCUT2D eigenvalue weighted by Gasteiger charge is 2.40. The molecule has 1 aliphatic carbocycles. The Kier molecular flexibility index (Phi) is 4.55. The molecule has 3 aliphatic rings. The molecule has 1 aromatic heterocycles. The lowest BCUT2D eigenvalue weighted by Crippen LogP contribution is -2.51. The van der Waals surface area contributed by atoms with Gasteiger partial charge in [0, 0.05) is 57.6 Å². The Hall–Kier alpha value is -2.18. The summed E-state index contributed by atoms with van der Waals surface area (Å²) in [6.07, 6.45) is 8.47. The molecule has 4 rings (SSSR count). The van der Waals surface area contributed by atoms with Crippen molar-refractivity contribution in [2.75, 3.05) is 37.6 Å². The van der Waals surface area contributed by atoms with E-state index in [4.69, 9.17) is 0 Å². The van der Waals surface area contributed by atoms with Crippen LogP contribution in [0.2, 0.25) is 0 Å². The highest BCUT2D eigenvalue weighted by atomic mass is 16.2. The van der Waals surface area contributed by atoms with E-state index in [1.165, 1.54) is 12.8 Å². The molecule has 7 heteroatoms. The molecular formula is C18H25N5O2. The van der Waals surface area contributed by atoms with Gasteiger partial charge in [-0.25, -0.2) is 9.97 Å². The molecule has 1 atom stereocenters. The fraction of sp³-hybridized carbons (Fsp3) is 0.667. The lowest BCUT2D eigenvalue weighted by molar-refractivity contribution is -0.136. The van der Waals surface area contributed by atoms with Gasteiger partial charge in [-0.2, -0.15) is 0 Å². The molecule has 0 N–H and O–H groups in total. The van der Waals surface area contributed by atoms with Crippen LogP contribution in [0.5, 0.6) is 0 Å². The number of carbonyl (C=O) groups excluding carboxylic acids is 2. The molecule has 3 heterocycles. The van der Waals surface area contributed by atoms with Crippen molar-refractivity contribution in [3.05, 3.63) is 18.5 Å². The highest BCUT2D eigenvalue weighted by Crippen LogP contribution is 2.30. The quantitative estimate of drug-likeness (QED) is 0.816. The Labute approximate surface area is 148 Å². The zero-order valence-electron chi connectivity index (χ0n) is 14.5. The van der Waals surface area contributed by atoms with Gasteiger partial charge >= 0.3 is 0 Å². The summed E-state index contributed by atoms with van der Waals surface area (Å²) < 4.78 is 0. The first-order valence-corrected chi connectivity index (χ1v) is 9.32. The van der Waals surface area contributed by atoms with Gasteiger partial charge in [0.05, 0.1) is 5.92 Å². The molecule has 0 radical (unpaired) electrons. The van der Waals surface area contributed by atoms with E-state index in [1.54, 1.807) is 18.5 Å². The Morgan fingerprint density at radius 1 is 1.04 bits per heavy atom. The Bertz CT molecular complexity index is 624. The molecule has 0 spiro atoms. The van der Waals surface area contributed by atoms with E-state index in [1.807, 2.05) is 9.80 Å². The van der Waals surface area contributed by atoms with Crippen LogP contribution in [0.4, 0.5) is 5.95 Å². The molecule has 0 unspecified atom stereocenters. The molecule has 25 heavy (non-hydrogen) atoms. The standard InChI is InChI=1S/C18H25N5O2/c24-16-12-14(13-23(16)15-4-1-2-5-15)17(25)21-8-10-22(11-9-21)18-19-6-3-7-20-18/h3,6-7,14-15H,1-2,4-5,8-13H2/t14-/m1/s1. The summed E-state index contributed by atoms with van der Waals surface area (Å²) in [5.41, 5.74) is 0. The molecule has 2 saturated heterocycles. The van der Waals surface area contributed by atoms with E-state index in [-0.39, 0.29) is 17.7 Å². The van der Waals surface area contributed by atoms with Crippen molar-refractivity contribution < 1.29 is 9.59 Å². The number of amides is 2. The number of likely N-dealkylation sites (tertiary alicyclic amines) is 1. The van der Waals surface area contributed by atoms with E-state index in [9.17, 15) is 9.59 Å². The first-order valence-electron chi connectivity index (χ1n) is 9.32. The normalized spacial score (nSPS) is 25.0. The first-order chi connectivity index (χ1) is 12.2. The minimum absolute atomic E-state index is 0.141. The number of aromatic nitrogens is 2. The van der Waals surface area contributed by atoms with Crippen LogP contribution in [0.1, 0.15) is 32.1 Å². The minimum Gasteiger partial charge on any atom is -0.339 e. The largest absolute Gasteiger partial charge is 0.339 e. The number of rotatable bonds is 3. The van der Waals surface area contributed by atoms with Gasteiger partial charge in [0.2, 0.25) is 17.8 Å². The Morgan fingerprint density at radius 2 is 1.72 bits per heavy atom. The van der Waals surface area contributed by atoms with Crippen molar-refractivity contribution in [2.45, 2.75) is 38.1 Å². The Balaban J connectivity index is 1.32. The Morgan fingerprint density at radius 3 is 2.40 bits per heavy atom. The summed E-state index contributed by atoms with van der Waals surface area (Å²) >= 11 is 0. The minimum atomic E-state index is -0.160. The monoisotopic (exact) mass is 343 g/mol. The zero-order valence-corrected chi connectivity index (χ0v) is 14.5. The fourth-order valence-electron chi connectivity index (χ4n) is 4.31. The molecule has 1 aromatic rings. The third kappa shape index (κ3) is 3.32. The third-order valence-corrected chi connectivity index (χ3v) is 5.70. The van der Waals surface area contributed by atoms with Crippen LogP contribution in [0, 0.1) is 5.92 Å². The van der Waals surface area contributed by atoms with Gasteiger partial charge in [-0.15, -0.1) is 0 Å². The molecule has 1 saturated carbocycles.